The molecule has 0 saturated heterocycles. The van der Waals surface area contributed by atoms with Gasteiger partial charge in [-0.2, -0.15) is 0 Å². The fraction of sp³-hybridized carbons (Fsp3) is 0.412. The van der Waals surface area contributed by atoms with Crippen molar-refractivity contribution in [1.29, 1.82) is 0 Å². The minimum atomic E-state index is 0.973. The highest BCUT2D eigenvalue weighted by atomic mass is 32.2. The Morgan fingerprint density at radius 2 is 1.79 bits per heavy atom. The molecule has 2 rings (SSSR count). The summed E-state index contributed by atoms with van der Waals surface area (Å²) in [6.07, 6.45) is 4.42. The Labute approximate surface area is 120 Å². The van der Waals surface area contributed by atoms with Gasteiger partial charge >= 0.3 is 0 Å². The first-order chi connectivity index (χ1) is 9.26. The largest absolute Gasteiger partial charge is 0.465 e. The molecule has 2 aromatic rings. The predicted octanol–water partition coefficient (Wildman–Crippen LogP) is 5.64. The van der Waals surface area contributed by atoms with E-state index < -0.39 is 0 Å². The molecule has 2 heteroatoms. The molecule has 19 heavy (non-hydrogen) atoms. The quantitative estimate of drug-likeness (QED) is 0.675. The van der Waals surface area contributed by atoms with Crippen LogP contribution in [0.1, 0.15) is 43.8 Å². The van der Waals surface area contributed by atoms with E-state index in [1.807, 2.05) is 11.8 Å². The maximum Gasteiger partial charge on any atom is 0.118 e. The van der Waals surface area contributed by atoms with E-state index in [0.29, 0.717) is 0 Å². The molecule has 0 aliphatic heterocycles. The van der Waals surface area contributed by atoms with Gasteiger partial charge in [0.25, 0.3) is 0 Å². The lowest BCUT2D eigenvalue weighted by Crippen LogP contribution is -1.85. The molecule has 0 aliphatic carbocycles. The molecule has 1 heterocycles. The van der Waals surface area contributed by atoms with Crippen LogP contribution in [-0.4, -0.2) is 0 Å². The van der Waals surface area contributed by atoms with Gasteiger partial charge in [0.1, 0.15) is 11.5 Å². The van der Waals surface area contributed by atoms with E-state index in [0.717, 1.165) is 18.6 Å². The molecular weight excluding hydrogens is 252 g/mol. The van der Waals surface area contributed by atoms with E-state index in [1.165, 1.54) is 34.0 Å². The van der Waals surface area contributed by atoms with E-state index in [-0.39, 0.29) is 0 Å². The molecular formula is C17H22OS. The lowest BCUT2D eigenvalue weighted by atomic mass is 10.2. The highest BCUT2D eigenvalue weighted by Gasteiger charge is 2.16. The third kappa shape index (κ3) is 3.44. The summed E-state index contributed by atoms with van der Waals surface area (Å²) in [6, 6.07) is 10.6. The Kier molecular flexibility index (Phi) is 5.15. The van der Waals surface area contributed by atoms with Crippen LogP contribution in [0.5, 0.6) is 0 Å². The van der Waals surface area contributed by atoms with Crippen molar-refractivity contribution in [1.82, 2.24) is 0 Å². The first kappa shape index (κ1) is 14.3. The number of aryl methyl sites for hydroxylation is 2. The van der Waals surface area contributed by atoms with Crippen LogP contribution in [0.15, 0.2) is 44.5 Å². The molecule has 1 nitrogen and oxygen atoms in total. The molecule has 1 aromatic carbocycles. The first-order valence-corrected chi connectivity index (χ1v) is 7.91. The van der Waals surface area contributed by atoms with Crippen molar-refractivity contribution in [3.8, 4) is 0 Å². The number of unbranched alkanes of at least 4 members (excludes halogenated alkanes) is 1. The van der Waals surface area contributed by atoms with Gasteiger partial charge in [-0.1, -0.05) is 50.2 Å². The normalized spacial score (nSPS) is 10.9. The molecule has 0 bridgehead atoms. The van der Waals surface area contributed by atoms with Gasteiger partial charge in [0.2, 0.25) is 0 Å². The van der Waals surface area contributed by atoms with Crippen molar-refractivity contribution in [2.75, 3.05) is 0 Å². The number of furan rings is 1. The zero-order valence-corrected chi connectivity index (χ0v) is 12.8. The molecule has 0 saturated carbocycles. The summed E-state index contributed by atoms with van der Waals surface area (Å²) < 4.78 is 6.05. The molecule has 0 amide bonds. The van der Waals surface area contributed by atoms with Gasteiger partial charge in [-0.15, -0.1) is 0 Å². The molecule has 0 atom stereocenters. The van der Waals surface area contributed by atoms with Crippen LogP contribution in [0.3, 0.4) is 0 Å². The van der Waals surface area contributed by atoms with Gasteiger partial charge in [0.05, 0.1) is 4.90 Å². The monoisotopic (exact) mass is 274 g/mol. The summed E-state index contributed by atoms with van der Waals surface area (Å²) in [5, 5.41) is 0. The third-order valence-electron chi connectivity index (χ3n) is 3.30. The van der Waals surface area contributed by atoms with Crippen LogP contribution >= 0.6 is 11.8 Å². The zero-order valence-electron chi connectivity index (χ0n) is 12.0. The Morgan fingerprint density at radius 1 is 1.05 bits per heavy atom. The Morgan fingerprint density at radius 3 is 2.42 bits per heavy atom. The van der Waals surface area contributed by atoms with Crippen molar-refractivity contribution in [3.05, 3.63) is 47.4 Å². The molecule has 0 aliphatic rings. The fourth-order valence-corrected chi connectivity index (χ4v) is 3.24. The van der Waals surface area contributed by atoms with Crippen LogP contribution < -0.4 is 0 Å². The second-order valence-corrected chi connectivity index (χ2v) is 5.86. The average molecular weight is 274 g/mol. The van der Waals surface area contributed by atoms with E-state index in [2.05, 4.69) is 51.1 Å². The second-order valence-electron chi connectivity index (χ2n) is 4.77. The molecule has 1 aromatic heterocycles. The molecule has 102 valence electrons. The maximum absolute atomic E-state index is 6.05. The number of rotatable bonds is 6. The summed E-state index contributed by atoms with van der Waals surface area (Å²) in [7, 11) is 0. The molecule has 0 spiro atoms. The number of hydrogen-bond donors (Lipinski definition) is 0. The average Bonchev–Trinajstić information content (AvgIpc) is 2.74. The van der Waals surface area contributed by atoms with Crippen molar-refractivity contribution >= 4 is 11.8 Å². The smallest absolute Gasteiger partial charge is 0.118 e. The van der Waals surface area contributed by atoms with Crippen LogP contribution in [0, 0.1) is 6.92 Å². The van der Waals surface area contributed by atoms with Gasteiger partial charge in [-0.05, 0) is 25.5 Å². The van der Waals surface area contributed by atoms with Crippen LogP contribution in [0.4, 0.5) is 0 Å². The summed E-state index contributed by atoms with van der Waals surface area (Å²) in [5.41, 5.74) is 1.32. The van der Waals surface area contributed by atoms with Crippen molar-refractivity contribution in [2.24, 2.45) is 0 Å². The van der Waals surface area contributed by atoms with Gasteiger partial charge in [0.15, 0.2) is 0 Å². The Balaban J connectivity index is 2.28. The SMILES string of the molecule is CCCCc1oc(CC)c(C)c1Sc1ccccc1. The second kappa shape index (κ2) is 6.85. The van der Waals surface area contributed by atoms with Crippen LogP contribution in [0.2, 0.25) is 0 Å². The van der Waals surface area contributed by atoms with Gasteiger partial charge in [-0.25, -0.2) is 0 Å². The molecule has 0 radical (unpaired) electrons. The number of hydrogen-bond acceptors (Lipinski definition) is 2. The summed E-state index contributed by atoms with van der Waals surface area (Å²) >= 11 is 1.83. The lowest BCUT2D eigenvalue weighted by molar-refractivity contribution is 0.456. The molecule has 0 fully saturated rings. The minimum Gasteiger partial charge on any atom is -0.465 e. The Bertz CT molecular complexity index is 514. The van der Waals surface area contributed by atoms with Gasteiger partial charge in [0, 0.05) is 23.3 Å². The lowest BCUT2D eigenvalue weighted by Gasteiger charge is -2.03. The minimum absolute atomic E-state index is 0.973. The zero-order chi connectivity index (χ0) is 13.7. The topological polar surface area (TPSA) is 13.1 Å². The standard InChI is InChI=1S/C17H22OS/c1-4-6-12-16-17(13(3)15(5-2)18-16)19-14-10-8-7-9-11-14/h7-11H,4-6,12H2,1-3H3. The summed E-state index contributed by atoms with van der Waals surface area (Å²) in [6.45, 7) is 6.57. The summed E-state index contributed by atoms with van der Waals surface area (Å²) in [4.78, 5) is 2.61. The predicted molar refractivity (Wildman–Crippen MR) is 82.0 cm³/mol. The van der Waals surface area contributed by atoms with E-state index in [9.17, 15) is 0 Å². The van der Waals surface area contributed by atoms with Gasteiger partial charge in [-0.3, -0.25) is 0 Å². The highest BCUT2D eigenvalue weighted by molar-refractivity contribution is 7.99. The van der Waals surface area contributed by atoms with E-state index in [4.69, 9.17) is 4.42 Å². The fourth-order valence-electron chi connectivity index (χ4n) is 2.19. The molecule has 0 unspecified atom stereocenters. The third-order valence-corrected chi connectivity index (χ3v) is 4.55. The Hall–Kier alpha value is -1.15. The first-order valence-electron chi connectivity index (χ1n) is 7.10. The van der Waals surface area contributed by atoms with Crippen LogP contribution in [0.25, 0.3) is 0 Å². The van der Waals surface area contributed by atoms with Crippen molar-refractivity contribution in [2.45, 2.75) is 56.2 Å². The van der Waals surface area contributed by atoms with Crippen molar-refractivity contribution in [3.63, 3.8) is 0 Å². The van der Waals surface area contributed by atoms with Crippen molar-refractivity contribution < 1.29 is 4.42 Å². The molecule has 0 N–H and O–H groups in total. The van der Waals surface area contributed by atoms with Crippen LogP contribution in [-0.2, 0) is 12.8 Å². The van der Waals surface area contributed by atoms with E-state index >= 15 is 0 Å². The summed E-state index contributed by atoms with van der Waals surface area (Å²) in [5.74, 6) is 2.31. The maximum atomic E-state index is 6.05. The highest BCUT2D eigenvalue weighted by Crippen LogP contribution is 2.37. The van der Waals surface area contributed by atoms with E-state index in [1.54, 1.807) is 0 Å². The van der Waals surface area contributed by atoms with Gasteiger partial charge < -0.3 is 4.42 Å². The number of benzene rings is 1.